The van der Waals surface area contributed by atoms with Gasteiger partial charge in [-0.2, -0.15) is 0 Å². The molecule has 1 unspecified atom stereocenters. The Labute approximate surface area is 108 Å². The molecule has 5 nitrogen and oxygen atoms in total. The molecule has 2 heterocycles. The third kappa shape index (κ3) is 3.65. The van der Waals surface area contributed by atoms with Crippen molar-refractivity contribution in [1.29, 1.82) is 0 Å². The molecule has 0 spiro atoms. The van der Waals surface area contributed by atoms with E-state index in [9.17, 15) is 4.57 Å². The van der Waals surface area contributed by atoms with E-state index in [-0.39, 0.29) is 18.8 Å². The number of aliphatic hydroxyl groups excluding tert-OH is 1. The van der Waals surface area contributed by atoms with E-state index in [2.05, 4.69) is 0 Å². The van der Waals surface area contributed by atoms with Crippen molar-refractivity contribution in [2.45, 2.75) is 57.3 Å². The van der Waals surface area contributed by atoms with E-state index in [0.29, 0.717) is 6.42 Å². The van der Waals surface area contributed by atoms with Gasteiger partial charge in [0.05, 0.1) is 17.8 Å². The lowest BCUT2D eigenvalue weighted by atomic mass is 10.0. The molecule has 2 aliphatic heterocycles. The molecular formula is C12H21O5P. The van der Waals surface area contributed by atoms with Crippen LogP contribution in [0.5, 0.6) is 0 Å². The lowest BCUT2D eigenvalue weighted by Gasteiger charge is -2.33. The fraction of sp³-hybridized carbons (Fsp3) is 0.833. The minimum atomic E-state index is -3.46. The van der Waals surface area contributed by atoms with Crippen molar-refractivity contribution in [3.63, 3.8) is 0 Å². The molecule has 0 radical (unpaired) electrons. The van der Waals surface area contributed by atoms with Crippen molar-refractivity contribution in [2.75, 3.05) is 6.61 Å². The summed E-state index contributed by atoms with van der Waals surface area (Å²) in [5.41, 5.74) is -0.635. The summed E-state index contributed by atoms with van der Waals surface area (Å²) in [4.78, 5) is 0. The minimum Gasteiger partial charge on any atom is -0.396 e. The second-order valence-corrected chi connectivity index (χ2v) is 6.83. The van der Waals surface area contributed by atoms with Crippen LogP contribution in [-0.2, 0) is 18.1 Å². The van der Waals surface area contributed by atoms with E-state index in [1.54, 1.807) is 0 Å². The zero-order valence-corrected chi connectivity index (χ0v) is 11.8. The molecular weight excluding hydrogens is 255 g/mol. The van der Waals surface area contributed by atoms with Crippen molar-refractivity contribution in [1.82, 2.24) is 0 Å². The van der Waals surface area contributed by atoms with Gasteiger partial charge in [0.25, 0.3) is 0 Å². The normalized spacial score (nSPS) is 38.4. The maximum atomic E-state index is 12.4. The predicted molar refractivity (Wildman–Crippen MR) is 67.2 cm³/mol. The van der Waals surface area contributed by atoms with Gasteiger partial charge in [0.1, 0.15) is 0 Å². The van der Waals surface area contributed by atoms with E-state index < -0.39 is 13.4 Å². The summed E-state index contributed by atoms with van der Waals surface area (Å²) in [6.07, 6.45) is 6.48. The van der Waals surface area contributed by atoms with Gasteiger partial charge >= 0.3 is 7.82 Å². The molecule has 0 aromatic heterocycles. The van der Waals surface area contributed by atoms with Crippen molar-refractivity contribution in [3.05, 3.63) is 12.2 Å². The summed E-state index contributed by atoms with van der Waals surface area (Å²) >= 11 is 0. The Bertz CT molecular complexity index is 365. The molecule has 104 valence electrons. The summed E-state index contributed by atoms with van der Waals surface area (Å²) in [7, 11) is -3.46. The number of unbranched alkanes of at least 4 members (excludes halogenated alkanes) is 1. The average Bonchev–Trinajstić information content (AvgIpc) is 2.32. The first kappa shape index (κ1) is 14.2. The molecule has 1 saturated heterocycles. The molecule has 0 aromatic rings. The Morgan fingerprint density at radius 2 is 2.17 bits per heavy atom. The molecule has 1 N–H and O–H groups in total. The fourth-order valence-corrected chi connectivity index (χ4v) is 4.00. The monoisotopic (exact) mass is 276 g/mol. The van der Waals surface area contributed by atoms with E-state index in [0.717, 1.165) is 19.3 Å². The minimum absolute atomic E-state index is 0.125. The molecule has 18 heavy (non-hydrogen) atoms. The van der Waals surface area contributed by atoms with Crippen LogP contribution in [0.15, 0.2) is 12.2 Å². The highest BCUT2D eigenvalue weighted by Gasteiger charge is 2.44. The molecule has 2 rings (SSSR count). The number of phosphoric acid groups is 1. The number of hydrogen-bond acceptors (Lipinski definition) is 5. The van der Waals surface area contributed by atoms with E-state index >= 15 is 0 Å². The maximum absolute atomic E-state index is 12.4. The van der Waals surface area contributed by atoms with Gasteiger partial charge in [-0.15, -0.1) is 0 Å². The van der Waals surface area contributed by atoms with Crippen LogP contribution in [0, 0.1) is 0 Å². The smallest absolute Gasteiger partial charge is 0.396 e. The molecule has 3 atom stereocenters. The molecule has 2 bridgehead atoms. The van der Waals surface area contributed by atoms with Crippen LogP contribution < -0.4 is 0 Å². The number of aliphatic hydroxyl groups is 1. The van der Waals surface area contributed by atoms with Gasteiger partial charge in [0, 0.05) is 13.0 Å². The first-order valence-corrected chi connectivity index (χ1v) is 7.86. The standard InChI is InChI=1S/C12H21O5P/c1-12(2)7-6-11-9-10(5-3-4-8-13)15-18(14,16-11)17-12/h6-7,10-11,13H,3-5,8-9H2,1-2H3/t10-,11-,18?/m0/s1. The van der Waals surface area contributed by atoms with Crippen LogP contribution in [-0.4, -0.2) is 29.5 Å². The highest BCUT2D eigenvalue weighted by Crippen LogP contribution is 2.59. The quantitative estimate of drug-likeness (QED) is 0.486. The fourth-order valence-electron chi connectivity index (χ4n) is 2.19. The van der Waals surface area contributed by atoms with Crippen LogP contribution in [0.25, 0.3) is 0 Å². The Hall–Kier alpha value is -0.190. The Morgan fingerprint density at radius 1 is 1.39 bits per heavy atom. The number of fused-ring (bicyclic) bond motifs is 2. The van der Waals surface area contributed by atoms with Gasteiger partial charge in [0.2, 0.25) is 0 Å². The number of rotatable bonds is 4. The van der Waals surface area contributed by atoms with Crippen LogP contribution >= 0.6 is 7.82 Å². The topological polar surface area (TPSA) is 65.0 Å². The molecule has 0 amide bonds. The maximum Gasteiger partial charge on any atom is 0.476 e. The van der Waals surface area contributed by atoms with Crippen LogP contribution in [0.1, 0.15) is 39.5 Å². The summed E-state index contributed by atoms with van der Waals surface area (Å²) in [5, 5.41) is 8.77. The summed E-state index contributed by atoms with van der Waals surface area (Å²) in [5.74, 6) is 0. The van der Waals surface area contributed by atoms with E-state index in [1.165, 1.54) is 0 Å². The Balaban J connectivity index is 2.03. The number of hydrogen-bond donors (Lipinski definition) is 1. The van der Waals surface area contributed by atoms with Gasteiger partial charge in [-0.05, 0) is 33.1 Å². The van der Waals surface area contributed by atoms with E-state index in [1.807, 2.05) is 26.0 Å². The van der Waals surface area contributed by atoms with Crippen molar-refractivity contribution >= 4 is 7.82 Å². The largest absolute Gasteiger partial charge is 0.476 e. The highest BCUT2D eigenvalue weighted by molar-refractivity contribution is 7.48. The van der Waals surface area contributed by atoms with Gasteiger partial charge in [-0.25, -0.2) is 4.57 Å². The second kappa shape index (κ2) is 5.43. The van der Waals surface area contributed by atoms with Gasteiger partial charge in [0.15, 0.2) is 0 Å². The first-order valence-electron chi connectivity index (χ1n) is 6.40. The zero-order valence-electron chi connectivity index (χ0n) is 10.9. The van der Waals surface area contributed by atoms with Gasteiger partial charge < -0.3 is 5.11 Å². The lowest BCUT2D eigenvalue weighted by Crippen LogP contribution is -2.28. The Morgan fingerprint density at radius 3 is 2.89 bits per heavy atom. The Kier molecular flexibility index (Phi) is 4.29. The summed E-state index contributed by atoms with van der Waals surface area (Å²) in [6, 6.07) is 0. The summed E-state index contributed by atoms with van der Waals surface area (Å²) < 4.78 is 28.7. The summed E-state index contributed by atoms with van der Waals surface area (Å²) in [6.45, 7) is 3.84. The molecule has 6 heteroatoms. The SMILES string of the molecule is CC1(C)C=C[C@H]2C[C@H](CCCCO)OP(=O)(O2)O1. The van der Waals surface area contributed by atoms with Crippen LogP contribution in [0.3, 0.4) is 0 Å². The number of phosphoric ester groups is 1. The second-order valence-electron chi connectivity index (χ2n) is 5.33. The molecule has 0 aliphatic carbocycles. The molecule has 0 aromatic carbocycles. The van der Waals surface area contributed by atoms with Crippen molar-refractivity contribution in [2.24, 2.45) is 0 Å². The molecule has 0 saturated carbocycles. The zero-order chi connectivity index (χ0) is 13.2. The lowest BCUT2D eigenvalue weighted by molar-refractivity contribution is -0.0135. The molecule has 1 fully saturated rings. The van der Waals surface area contributed by atoms with Crippen LogP contribution in [0.4, 0.5) is 0 Å². The van der Waals surface area contributed by atoms with E-state index in [4.69, 9.17) is 18.7 Å². The van der Waals surface area contributed by atoms with Gasteiger partial charge in [-0.1, -0.05) is 12.2 Å². The predicted octanol–water partition coefficient (Wildman–Crippen LogP) is 2.80. The van der Waals surface area contributed by atoms with Crippen molar-refractivity contribution in [3.8, 4) is 0 Å². The first-order chi connectivity index (χ1) is 8.42. The third-order valence-corrected chi connectivity index (χ3v) is 4.81. The highest BCUT2D eigenvalue weighted by atomic mass is 31.2. The van der Waals surface area contributed by atoms with Crippen molar-refractivity contribution < 1.29 is 23.2 Å². The molecule has 2 aliphatic rings. The average molecular weight is 276 g/mol. The van der Waals surface area contributed by atoms with Crippen LogP contribution in [0.2, 0.25) is 0 Å². The third-order valence-electron chi connectivity index (χ3n) is 3.03. The van der Waals surface area contributed by atoms with Gasteiger partial charge in [-0.3, -0.25) is 13.6 Å².